The number of benzene rings is 1. The highest BCUT2D eigenvalue weighted by molar-refractivity contribution is 6.31. The molecule has 2 aliphatic rings. The fourth-order valence-corrected chi connectivity index (χ4v) is 2.06. The Hall–Kier alpha value is -1.54. The van der Waals surface area contributed by atoms with Gasteiger partial charge in [-0.25, -0.2) is 4.98 Å². The second-order valence-corrected chi connectivity index (χ2v) is 4.07. The van der Waals surface area contributed by atoms with E-state index in [-0.39, 0.29) is 0 Å². The molecule has 0 saturated carbocycles. The van der Waals surface area contributed by atoms with E-state index in [9.17, 15) is 0 Å². The first-order valence-corrected chi connectivity index (χ1v) is 5.14. The third-order valence-electron chi connectivity index (χ3n) is 2.62. The second kappa shape index (κ2) is 2.97. The summed E-state index contributed by atoms with van der Waals surface area (Å²) in [7, 11) is 2.00. The van der Waals surface area contributed by atoms with Gasteiger partial charge in [-0.1, -0.05) is 17.7 Å². The van der Waals surface area contributed by atoms with Crippen molar-refractivity contribution in [1.82, 2.24) is 9.55 Å². The molecule has 15 heavy (non-hydrogen) atoms. The minimum atomic E-state index is 0.730. The van der Waals surface area contributed by atoms with Crippen molar-refractivity contribution < 1.29 is 0 Å². The first-order chi connectivity index (χ1) is 7.25. The van der Waals surface area contributed by atoms with E-state index in [1.807, 2.05) is 42.1 Å². The van der Waals surface area contributed by atoms with Crippen molar-refractivity contribution in [2.75, 3.05) is 0 Å². The van der Waals surface area contributed by atoms with Crippen molar-refractivity contribution in [1.29, 1.82) is 0 Å². The number of halogens is 1. The third-order valence-corrected chi connectivity index (χ3v) is 2.86. The van der Waals surface area contributed by atoms with Crippen LogP contribution >= 0.6 is 11.6 Å². The Balaban J connectivity index is 2.50. The fourth-order valence-electron chi connectivity index (χ4n) is 1.89. The average Bonchev–Trinajstić information content (AvgIpc) is 2.57. The van der Waals surface area contributed by atoms with Gasteiger partial charge in [-0.15, -0.1) is 0 Å². The summed E-state index contributed by atoms with van der Waals surface area (Å²) < 4.78 is 2.02. The lowest BCUT2D eigenvalue weighted by molar-refractivity contribution is 0.893. The average molecular weight is 217 g/mol. The summed E-state index contributed by atoms with van der Waals surface area (Å²) in [6.07, 6.45) is 2.00. The summed E-state index contributed by atoms with van der Waals surface area (Å²) in [4.78, 5) is 4.55. The molecule has 0 fully saturated rings. The Bertz CT molecular complexity index is 612. The van der Waals surface area contributed by atoms with Gasteiger partial charge in [0.2, 0.25) is 0 Å². The smallest absolute Gasteiger partial charge is 0.140 e. The van der Waals surface area contributed by atoms with E-state index in [4.69, 9.17) is 11.6 Å². The first kappa shape index (κ1) is 8.74. The van der Waals surface area contributed by atoms with Crippen molar-refractivity contribution >= 4 is 22.5 Å². The Morgan fingerprint density at radius 1 is 1.27 bits per heavy atom. The van der Waals surface area contributed by atoms with Crippen LogP contribution in [-0.4, -0.2) is 9.55 Å². The lowest BCUT2D eigenvalue weighted by atomic mass is 10.1. The summed E-state index contributed by atoms with van der Waals surface area (Å²) in [6.45, 7) is 0. The highest BCUT2D eigenvalue weighted by Gasteiger charge is 2.12. The zero-order valence-corrected chi connectivity index (χ0v) is 8.99. The molecule has 0 spiro atoms. The summed E-state index contributed by atoms with van der Waals surface area (Å²) >= 11 is 5.94. The van der Waals surface area contributed by atoms with Crippen LogP contribution < -0.4 is 0 Å². The quantitative estimate of drug-likeness (QED) is 0.564. The fraction of sp³-hybridized carbons (Fsp3) is 0.0833. The standard InChI is InChI=1S/C12H9ClN2/c1-15-6-2-3-10-9-5-4-8(13)7-11(9)14-12(10)15/h2-7H,1H3. The molecule has 0 N–H and O–H groups in total. The first-order valence-electron chi connectivity index (χ1n) is 4.76. The molecular weight excluding hydrogens is 208 g/mol. The molecule has 1 aromatic rings. The molecule has 0 amide bonds. The summed E-state index contributed by atoms with van der Waals surface area (Å²) in [5, 5.41) is 1.89. The van der Waals surface area contributed by atoms with Crippen LogP contribution in [0.4, 0.5) is 0 Å². The second-order valence-electron chi connectivity index (χ2n) is 3.63. The molecule has 2 heterocycles. The van der Waals surface area contributed by atoms with E-state index in [1.54, 1.807) is 0 Å². The van der Waals surface area contributed by atoms with E-state index < -0.39 is 0 Å². The number of nitrogens with zero attached hydrogens (tertiary/aromatic N) is 2. The number of hydrogen-bond acceptors (Lipinski definition) is 1. The molecule has 3 heteroatoms. The van der Waals surface area contributed by atoms with Crippen LogP contribution in [0.25, 0.3) is 22.3 Å². The number of rotatable bonds is 0. The molecule has 0 saturated heterocycles. The van der Waals surface area contributed by atoms with E-state index >= 15 is 0 Å². The summed E-state index contributed by atoms with van der Waals surface area (Å²) in [5.41, 5.74) is 2.13. The van der Waals surface area contributed by atoms with Crippen LogP contribution in [0.15, 0.2) is 36.5 Å². The van der Waals surface area contributed by atoms with Crippen LogP contribution in [0.2, 0.25) is 5.02 Å². The molecule has 3 rings (SSSR count). The van der Waals surface area contributed by atoms with Gasteiger partial charge in [0.25, 0.3) is 0 Å². The molecule has 1 aromatic carbocycles. The maximum atomic E-state index is 5.94. The van der Waals surface area contributed by atoms with Gasteiger partial charge in [-0.2, -0.15) is 0 Å². The lowest BCUT2D eigenvalue weighted by Gasteiger charge is -2.03. The van der Waals surface area contributed by atoms with Gasteiger partial charge in [-0.05, 0) is 24.3 Å². The zero-order valence-electron chi connectivity index (χ0n) is 8.24. The van der Waals surface area contributed by atoms with Gasteiger partial charge >= 0.3 is 0 Å². The number of aromatic nitrogens is 2. The van der Waals surface area contributed by atoms with Crippen molar-refractivity contribution in [2.45, 2.75) is 0 Å². The van der Waals surface area contributed by atoms with Crippen molar-refractivity contribution in [3.8, 4) is 11.4 Å². The maximum absolute atomic E-state index is 5.94. The van der Waals surface area contributed by atoms with Crippen LogP contribution in [-0.2, 0) is 7.05 Å². The van der Waals surface area contributed by atoms with E-state index in [0.29, 0.717) is 0 Å². The molecular formula is C12H9ClN2. The molecule has 0 radical (unpaired) electrons. The highest BCUT2D eigenvalue weighted by atomic mass is 35.5. The Kier molecular flexibility index (Phi) is 1.73. The number of fused-ring (bicyclic) bond motifs is 3. The molecule has 0 aromatic heterocycles. The predicted octanol–water partition coefficient (Wildman–Crippen LogP) is 3.33. The number of aryl methyl sites for hydroxylation is 1. The largest absolute Gasteiger partial charge is 0.336 e. The zero-order chi connectivity index (χ0) is 10.4. The minimum absolute atomic E-state index is 0.730. The third kappa shape index (κ3) is 1.22. The van der Waals surface area contributed by atoms with E-state index in [2.05, 4.69) is 11.1 Å². The van der Waals surface area contributed by atoms with Gasteiger partial charge in [-0.3, -0.25) is 0 Å². The Morgan fingerprint density at radius 2 is 2.13 bits per heavy atom. The monoisotopic (exact) mass is 216 g/mol. The Labute approximate surface area is 92.5 Å². The SMILES string of the molecule is Cn1cccc2c3ccc(Cl)cc3nc1-2. The highest BCUT2D eigenvalue weighted by Crippen LogP contribution is 2.31. The van der Waals surface area contributed by atoms with Crippen molar-refractivity contribution in [3.05, 3.63) is 41.6 Å². The van der Waals surface area contributed by atoms with Crippen LogP contribution in [0.1, 0.15) is 0 Å². The van der Waals surface area contributed by atoms with Gasteiger partial charge in [0, 0.05) is 29.2 Å². The van der Waals surface area contributed by atoms with Crippen molar-refractivity contribution in [2.24, 2.45) is 7.05 Å². The van der Waals surface area contributed by atoms with Gasteiger partial charge in [0.1, 0.15) is 5.82 Å². The molecule has 2 aliphatic heterocycles. The lowest BCUT2D eigenvalue weighted by Crippen LogP contribution is -1.94. The van der Waals surface area contributed by atoms with Gasteiger partial charge in [0.15, 0.2) is 0 Å². The predicted molar refractivity (Wildman–Crippen MR) is 62.3 cm³/mol. The molecule has 74 valence electrons. The van der Waals surface area contributed by atoms with Gasteiger partial charge in [0.05, 0.1) is 5.52 Å². The van der Waals surface area contributed by atoms with Crippen molar-refractivity contribution in [3.63, 3.8) is 0 Å². The molecule has 2 nitrogen and oxygen atoms in total. The number of hydrogen-bond donors (Lipinski definition) is 0. The summed E-state index contributed by atoms with van der Waals surface area (Å²) in [5.74, 6) is 0.995. The van der Waals surface area contributed by atoms with E-state index in [1.165, 1.54) is 5.56 Å². The molecule has 0 atom stereocenters. The maximum Gasteiger partial charge on any atom is 0.140 e. The van der Waals surface area contributed by atoms with Crippen LogP contribution in [0, 0.1) is 0 Å². The van der Waals surface area contributed by atoms with Crippen LogP contribution in [0.3, 0.4) is 0 Å². The minimum Gasteiger partial charge on any atom is -0.336 e. The summed E-state index contributed by atoms with van der Waals surface area (Å²) in [6, 6.07) is 9.93. The molecule has 0 unspecified atom stereocenters. The normalized spacial score (nSPS) is 11.3. The van der Waals surface area contributed by atoms with E-state index in [0.717, 1.165) is 21.7 Å². The molecule has 0 aliphatic carbocycles. The van der Waals surface area contributed by atoms with Gasteiger partial charge < -0.3 is 4.57 Å². The van der Waals surface area contributed by atoms with Crippen LogP contribution in [0.5, 0.6) is 0 Å². The topological polar surface area (TPSA) is 17.8 Å². The molecule has 0 bridgehead atoms. The number of pyridine rings is 1. The Morgan fingerprint density at radius 3 is 3.00 bits per heavy atom.